The van der Waals surface area contributed by atoms with Gasteiger partial charge in [0.15, 0.2) is 0 Å². The molecular weight excluding hydrogens is 152 g/mol. The summed E-state index contributed by atoms with van der Waals surface area (Å²) in [4.78, 5) is 0. The maximum absolute atomic E-state index is 10.9. The van der Waals surface area contributed by atoms with E-state index < -0.39 is 10.0 Å². The van der Waals surface area contributed by atoms with Crippen molar-refractivity contribution in [3.63, 3.8) is 0 Å². The Hall–Kier alpha value is -0.600. The number of nitrogens with one attached hydrogen (secondary N) is 1. The monoisotopic (exact) mass is 160 g/mol. The summed E-state index contributed by atoms with van der Waals surface area (Å²) in [7, 11) is -3.12. The molecular formula is C5H8N2O2S. The summed E-state index contributed by atoms with van der Waals surface area (Å²) >= 11 is 0. The molecule has 1 rings (SSSR count). The van der Waals surface area contributed by atoms with E-state index in [0.29, 0.717) is 0 Å². The number of sulfonamides is 1. The van der Waals surface area contributed by atoms with E-state index in [2.05, 4.69) is 4.72 Å². The SMILES string of the molecule is N#CCNS(=O)(=O)C1CC1. The van der Waals surface area contributed by atoms with Gasteiger partial charge in [-0.1, -0.05) is 0 Å². The Kier molecular flexibility index (Phi) is 1.92. The summed E-state index contributed by atoms with van der Waals surface area (Å²) in [5.41, 5.74) is 0. The third kappa shape index (κ3) is 1.69. The Morgan fingerprint density at radius 2 is 2.20 bits per heavy atom. The van der Waals surface area contributed by atoms with Gasteiger partial charge >= 0.3 is 0 Å². The van der Waals surface area contributed by atoms with Crippen LogP contribution < -0.4 is 4.72 Å². The van der Waals surface area contributed by atoms with Gasteiger partial charge < -0.3 is 0 Å². The normalized spacial score (nSPS) is 18.3. The van der Waals surface area contributed by atoms with E-state index in [-0.39, 0.29) is 11.8 Å². The van der Waals surface area contributed by atoms with Gasteiger partial charge in [-0.2, -0.15) is 5.26 Å². The molecule has 10 heavy (non-hydrogen) atoms. The van der Waals surface area contributed by atoms with Gasteiger partial charge in [0.25, 0.3) is 0 Å². The average Bonchev–Trinajstić information content (AvgIpc) is 2.64. The van der Waals surface area contributed by atoms with Gasteiger partial charge in [0.1, 0.15) is 0 Å². The first kappa shape index (κ1) is 7.51. The predicted octanol–water partition coefficient (Wildman–Crippen LogP) is -0.408. The molecule has 0 amide bonds. The van der Waals surface area contributed by atoms with Gasteiger partial charge in [-0.3, -0.25) is 0 Å². The maximum Gasteiger partial charge on any atom is 0.215 e. The second-order valence-electron chi connectivity index (χ2n) is 2.22. The van der Waals surface area contributed by atoms with Crippen LogP contribution in [0.25, 0.3) is 0 Å². The zero-order valence-electron chi connectivity index (χ0n) is 5.37. The minimum Gasteiger partial charge on any atom is -0.212 e. The summed E-state index contributed by atoms with van der Waals surface area (Å²) in [6.07, 6.45) is 1.47. The topological polar surface area (TPSA) is 70.0 Å². The minimum absolute atomic E-state index is 0.112. The summed E-state index contributed by atoms with van der Waals surface area (Å²) in [5.74, 6) is 0. The van der Waals surface area contributed by atoms with Crippen LogP contribution in [0.1, 0.15) is 12.8 Å². The first-order chi connectivity index (χ1) is 4.67. The molecule has 0 unspecified atom stereocenters. The summed E-state index contributed by atoms with van der Waals surface area (Å²) < 4.78 is 24.0. The molecule has 1 N–H and O–H groups in total. The zero-order valence-corrected chi connectivity index (χ0v) is 6.19. The fraction of sp³-hybridized carbons (Fsp3) is 0.800. The third-order valence-electron chi connectivity index (χ3n) is 1.32. The van der Waals surface area contributed by atoms with E-state index >= 15 is 0 Å². The first-order valence-electron chi connectivity index (χ1n) is 3.02. The van der Waals surface area contributed by atoms with Crippen molar-refractivity contribution >= 4 is 10.0 Å². The van der Waals surface area contributed by atoms with Crippen molar-refractivity contribution in [2.45, 2.75) is 18.1 Å². The molecule has 0 bridgehead atoms. The molecule has 5 heteroatoms. The van der Waals surface area contributed by atoms with Crippen molar-refractivity contribution in [2.24, 2.45) is 0 Å². The molecule has 0 aromatic rings. The van der Waals surface area contributed by atoms with E-state index in [0.717, 1.165) is 12.8 Å². The van der Waals surface area contributed by atoms with Crippen LogP contribution in [0, 0.1) is 11.3 Å². The van der Waals surface area contributed by atoms with Crippen LogP contribution in [0.5, 0.6) is 0 Å². The lowest BCUT2D eigenvalue weighted by molar-refractivity contribution is 0.584. The summed E-state index contributed by atoms with van der Waals surface area (Å²) in [6.45, 7) is -0.112. The molecule has 4 nitrogen and oxygen atoms in total. The fourth-order valence-electron chi connectivity index (χ4n) is 0.629. The van der Waals surface area contributed by atoms with Crippen molar-refractivity contribution in [3.05, 3.63) is 0 Å². The first-order valence-corrected chi connectivity index (χ1v) is 4.57. The molecule has 0 aromatic carbocycles. The lowest BCUT2D eigenvalue weighted by Gasteiger charge is -1.97. The molecule has 1 saturated carbocycles. The number of nitrogens with zero attached hydrogens (tertiary/aromatic N) is 1. The van der Waals surface area contributed by atoms with Gasteiger partial charge in [0.05, 0.1) is 17.9 Å². The molecule has 1 aliphatic rings. The number of nitriles is 1. The molecule has 0 spiro atoms. The average molecular weight is 160 g/mol. The molecule has 0 radical (unpaired) electrons. The van der Waals surface area contributed by atoms with E-state index in [1.54, 1.807) is 6.07 Å². The van der Waals surface area contributed by atoms with Crippen molar-refractivity contribution in [1.29, 1.82) is 5.26 Å². The van der Waals surface area contributed by atoms with Crippen LogP contribution in [0.3, 0.4) is 0 Å². The van der Waals surface area contributed by atoms with Crippen LogP contribution in [0.4, 0.5) is 0 Å². The molecule has 0 aromatic heterocycles. The summed E-state index contributed by atoms with van der Waals surface area (Å²) in [5, 5.41) is 7.83. The Morgan fingerprint density at radius 3 is 2.60 bits per heavy atom. The van der Waals surface area contributed by atoms with E-state index in [9.17, 15) is 8.42 Å². The van der Waals surface area contributed by atoms with E-state index in [4.69, 9.17) is 5.26 Å². The Bertz CT molecular complexity index is 247. The highest BCUT2D eigenvalue weighted by Crippen LogP contribution is 2.26. The second-order valence-corrected chi connectivity index (χ2v) is 4.27. The van der Waals surface area contributed by atoms with E-state index in [1.165, 1.54) is 0 Å². The second kappa shape index (κ2) is 2.56. The summed E-state index contributed by atoms with van der Waals surface area (Å²) in [6, 6.07) is 1.72. The fourth-order valence-corrected chi connectivity index (χ4v) is 1.89. The molecule has 1 fully saturated rings. The van der Waals surface area contributed by atoms with Crippen LogP contribution in [0.2, 0.25) is 0 Å². The quantitative estimate of drug-likeness (QED) is 0.571. The molecule has 56 valence electrons. The molecule has 0 atom stereocenters. The third-order valence-corrected chi connectivity index (χ3v) is 3.21. The maximum atomic E-state index is 10.9. The number of hydrogen-bond acceptors (Lipinski definition) is 3. The van der Waals surface area contributed by atoms with Gasteiger partial charge in [-0.15, -0.1) is 0 Å². The van der Waals surface area contributed by atoms with Crippen LogP contribution in [0.15, 0.2) is 0 Å². The smallest absolute Gasteiger partial charge is 0.212 e. The molecule has 1 aliphatic carbocycles. The Balaban J connectivity index is 2.45. The van der Waals surface area contributed by atoms with E-state index in [1.807, 2.05) is 0 Å². The highest BCUT2D eigenvalue weighted by Gasteiger charge is 2.35. The lowest BCUT2D eigenvalue weighted by Crippen LogP contribution is -2.27. The highest BCUT2D eigenvalue weighted by molar-refractivity contribution is 7.90. The molecule has 0 heterocycles. The number of hydrogen-bond donors (Lipinski definition) is 1. The van der Waals surface area contributed by atoms with Crippen molar-refractivity contribution in [3.8, 4) is 6.07 Å². The van der Waals surface area contributed by atoms with Crippen LogP contribution >= 0.6 is 0 Å². The van der Waals surface area contributed by atoms with Gasteiger partial charge in [-0.25, -0.2) is 13.1 Å². The molecule has 0 aliphatic heterocycles. The van der Waals surface area contributed by atoms with Crippen LogP contribution in [-0.2, 0) is 10.0 Å². The number of rotatable bonds is 3. The Morgan fingerprint density at radius 1 is 1.60 bits per heavy atom. The predicted molar refractivity (Wildman–Crippen MR) is 35.6 cm³/mol. The minimum atomic E-state index is -3.12. The van der Waals surface area contributed by atoms with Crippen molar-refractivity contribution < 1.29 is 8.42 Å². The lowest BCUT2D eigenvalue weighted by atomic mass is 10.8. The van der Waals surface area contributed by atoms with Gasteiger partial charge in [0.2, 0.25) is 10.0 Å². The van der Waals surface area contributed by atoms with Gasteiger partial charge in [0, 0.05) is 0 Å². The van der Waals surface area contributed by atoms with Crippen LogP contribution in [-0.4, -0.2) is 20.2 Å². The highest BCUT2D eigenvalue weighted by atomic mass is 32.2. The largest absolute Gasteiger partial charge is 0.215 e. The van der Waals surface area contributed by atoms with Gasteiger partial charge in [-0.05, 0) is 12.8 Å². The molecule has 0 saturated heterocycles. The Labute approximate surface area is 59.9 Å². The van der Waals surface area contributed by atoms with Crippen molar-refractivity contribution in [2.75, 3.05) is 6.54 Å². The standard InChI is InChI=1S/C5H8N2O2S/c6-3-4-7-10(8,9)5-1-2-5/h5,7H,1-2,4H2. The van der Waals surface area contributed by atoms with Crippen molar-refractivity contribution in [1.82, 2.24) is 4.72 Å². The zero-order chi connectivity index (χ0) is 7.61.